The van der Waals surface area contributed by atoms with Crippen molar-refractivity contribution in [3.8, 4) is 11.5 Å². The smallest absolute Gasteiger partial charge is 0.157 e. The fourth-order valence-corrected chi connectivity index (χ4v) is 5.37. The number of Topliss-reactive ketones (excluding diaryl/α,β-unsaturated/α-hetero) is 1. The van der Waals surface area contributed by atoms with Gasteiger partial charge in [0.25, 0.3) is 0 Å². The van der Waals surface area contributed by atoms with Crippen LogP contribution in [-0.2, 0) is 11.2 Å². The van der Waals surface area contributed by atoms with Gasteiger partial charge in [0.15, 0.2) is 11.5 Å². The second-order valence-electron chi connectivity index (χ2n) is 7.37. The van der Waals surface area contributed by atoms with Gasteiger partial charge in [-0.15, -0.1) is 0 Å². The van der Waals surface area contributed by atoms with Gasteiger partial charge in [0.05, 0.1) is 0 Å². The predicted molar refractivity (Wildman–Crippen MR) is 79.4 cm³/mol. The molecule has 2 N–H and O–H groups in total. The Hall–Kier alpha value is -1.51. The molecule has 0 aromatic heterocycles. The van der Waals surface area contributed by atoms with Crippen LogP contribution in [0.5, 0.6) is 11.5 Å². The van der Waals surface area contributed by atoms with Gasteiger partial charge in [-0.05, 0) is 73.1 Å². The molecule has 1 aromatic carbocycles. The molecule has 21 heavy (non-hydrogen) atoms. The summed E-state index contributed by atoms with van der Waals surface area (Å²) in [6, 6.07) is 3.50. The Morgan fingerprint density at radius 3 is 2.67 bits per heavy atom. The summed E-state index contributed by atoms with van der Waals surface area (Å²) in [5.41, 5.74) is 2.29. The van der Waals surface area contributed by atoms with Crippen LogP contribution < -0.4 is 0 Å². The topological polar surface area (TPSA) is 57.5 Å². The third kappa shape index (κ3) is 1.69. The Kier molecular flexibility index (Phi) is 2.66. The van der Waals surface area contributed by atoms with Gasteiger partial charge in [-0.25, -0.2) is 0 Å². The minimum Gasteiger partial charge on any atom is -0.504 e. The number of hydrogen-bond donors (Lipinski definition) is 2. The Morgan fingerprint density at radius 2 is 1.86 bits per heavy atom. The van der Waals surface area contributed by atoms with E-state index in [-0.39, 0.29) is 16.9 Å². The molecule has 0 heterocycles. The maximum atomic E-state index is 12.3. The van der Waals surface area contributed by atoms with E-state index in [1.165, 1.54) is 11.1 Å². The van der Waals surface area contributed by atoms with Crippen molar-refractivity contribution in [2.45, 2.75) is 51.4 Å². The van der Waals surface area contributed by atoms with Crippen LogP contribution in [0.15, 0.2) is 12.1 Å². The standard InChI is InChI=1S/C18H22O3/c1-18-7-6-11-12(14(18)4-5-17(18)21)3-2-10-8-15(19)16(20)9-13(10)11/h8-9,11-12,14,19-20H,2-7H2,1H3. The van der Waals surface area contributed by atoms with Gasteiger partial charge in [-0.3, -0.25) is 4.79 Å². The lowest BCUT2D eigenvalue weighted by Gasteiger charge is -2.48. The molecule has 0 saturated heterocycles. The molecule has 1 aromatic rings. The van der Waals surface area contributed by atoms with E-state index in [2.05, 4.69) is 6.92 Å². The van der Waals surface area contributed by atoms with Gasteiger partial charge >= 0.3 is 0 Å². The highest BCUT2D eigenvalue weighted by atomic mass is 16.3. The molecule has 3 aliphatic rings. The number of ketones is 1. The molecule has 0 aliphatic heterocycles. The SMILES string of the molecule is CC12CCC3c4cc(O)c(O)cc4CCC3C1CCC2=O. The van der Waals surface area contributed by atoms with Crippen molar-refractivity contribution in [1.82, 2.24) is 0 Å². The molecule has 3 nitrogen and oxygen atoms in total. The first kappa shape index (κ1) is 13.2. The summed E-state index contributed by atoms with van der Waals surface area (Å²) in [7, 11) is 0. The van der Waals surface area contributed by atoms with Crippen LogP contribution in [0.3, 0.4) is 0 Å². The van der Waals surface area contributed by atoms with E-state index in [9.17, 15) is 15.0 Å². The van der Waals surface area contributed by atoms with Crippen molar-refractivity contribution in [2.75, 3.05) is 0 Å². The van der Waals surface area contributed by atoms with Crippen LogP contribution in [0.25, 0.3) is 0 Å². The van der Waals surface area contributed by atoms with Gasteiger partial charge in [0, 0.05) is 11.8 Å². The highest BCUT2D eigenvalue weighted by molar-refractivity contribution is 5.87. The predicted octanol–water partition coefficient (Wildman–Crippen LogP) is 3.52. The summed E-state index contributed by atoms with van der Waals surface area (Å²) in [5, 5.41) is 19.5. The fraction of sp³-hybridized carbons (Fsp3) is 0.611. The van der Waals surface area contributed by atoms with E-state index in [0.717, 1.165) is 38.5 Å². The summed E-state index contributed by atoms with van der Waals surface area (Å²) in [6.07, 6.45) is 5.84. The lowest BCUT2D eigenvalue weighted by molar-refractivity contribution is -0.129. The number of benzene rings is 1. The zero-order valence-corrected chi connectivity index (χ0v) is 12.4. The monoisotopic (exact) mass is 286 g/mol. The number of phenols is 2. The molecule has 3 aliphatic carbocycles. The summed E-state index contributed by atoms with van der Waals surface area (Å²) in [6.45, 7) is 2.17. The van der Waals surface area contributed by atoms with Gasteiger partial charge < -0.3 is 10.2 Å². The molecule has 2 fully saturated rings. The van der Waals surface area contributed by atoms with Gasteiger partial charge in [0.2, 0.25) is 0 Å². The van der Waals surface area contributed by atoms with Gasteiger partial charge in [-0.1, -0.05) is 6.92 Å². The molecule has 0 radical (unpaired) electrons. The Morgan fingerprint density at radius 1 is 1.10 bits per heavy atom. The van der Waals surface area contributed by atoms with Crippen molar-refractivity contribution in [2.24, 2.45) is 17.3 Å². The van der Waals surface area contributed by atoms with Crippen LogP contribution in [-0.4, -0.2) is 16.0 Å². The minimum absolute atomic E-state index is 0.00904. The van der Waals surface area contributed by atoms with E-state index >= 15 is 0 Å². The molecule has 0 spiro atoms. The number of aryl methyl sites for hydroxylation is 1. The minimum atomic E-state index is -0.0996. The van der Waals surface area contributed by atoms with Crippen LogP contribution >= 0.6 is 0 Å². The van der Waals surface area contributed by atoms with Crippen LogP contribution in [0.4, 0.5) is 0 Å². The fourth-order valence-electron chi connectivity index (χ4n) is 5.37. The average Bonchev–Trinajstić information content (AvgIpc) is 2.76. The number of carbonyl (C=O) groups excluding carboxylic acids is 1. The number of aromatic hydroxyl groups is 2. The first-order valence-corrected chi connectivity index (χ1v) is 8.09. The second kappa shape index (κ2) is 4.25. The number of carbonyl (C=O) groups is 1. The molecular formula is C18H22O3. The third-order valence-corrected chi connectivity index (χ3v) is 6.53. The van der Waals surface area contributed by atoms with Gasteiger partial charge in [0.1, 0.15) is 5.78 Å². The summed E-state index contributed by atoms with van der Waals surface area (Å²) in [4.78, 5) is 12.3. The molecule has 2 saturated carbocycles. The van der Waals surface area contributed by atoms with E-state index in [1.54, 1.807) is 12.1 Å². The van der Waals surface area contributed by atoms with Gasteiger partial charge in [-0.2, -0.15) is 0 Å². The summed E-state index contributed by atoms with van der Waals surface area (Å²) >= 11 is 0. The van der Waals surface area contributed by atoms with E-state index in [1.807, 2.05) is 0 Å². The second-order valence-corrected chi connectivity index (χ2v) is 7.37. The maximum absolute atomic E-state index is 12.3. The number of fused-ring (bicyclic) bond motifs is 5. The average molecular weight is 286 g/mol. The molecule has 0 amide bonds. The van der Waals surface area contributed by atoms with Crippen LogP contribution in [0, 0.1) is 17.3 Å². The molecule has 3 heteroatoms. The van der Waals surface area contributed by atoms with E-state index in [4.69, 9.17) is 0 Å². The van der Waals surface area contributed by atoms with Crippen molar-refractivity contribution in [1.29, 1.82) is 0 Å². The Bertz CT molecular complexity index is 621. The maximum Gasteiger partial charge on any atom is 0.157 e. The molecule has 0 bridgehead atoms. The largest absolute Gasteiger partial charge is 0.504 e. The number of rotatable bonds is 0. The first-order valence-electron chi connectivity index (χ1n) is 8.09. The Balaban J connectivity index is 1.75. The quantitative estimate of drug-likeness (QED) is 0.717. The van der Waals surface area contributed by atoms with Crippen molar-refractivity contribution < 1.29 is 15.0 Å². The highest BCUT2D eigenvalue weighted by Gasteiger charge is 2.54. The highest BCUT2D eigenvalue weighted by Crippen LogP contribution is 2.59. The van der Waals surface area contributed by atoms with Crippen molar-refractivity contribution in [3.05, 3.63) is 23.3 Å². The van der Waals surface area contributed by atoms with E-state index in [0.29, 0.717) is 23.5 Å². The van der Waals surface area contributed by atoms with Crippen LogP contribution in [0.2, 0.25) is 0 Å². The lowest BCUT2D eigenvalue weighted by Crippen LogP contribution is -2.42. The summed E-state index contributed by atoms with van der Waals surface area (Å²) < 4.78 is 0. The third-order valence-electron chi connectivity index (χ3n) is 6.53. The zero-order chi connectivity index (χ0) is 14.8. The molecule has 4 unspecified atom stereocenters. The number of hydrogen-bond acceptors (Lipinski definition) is 3. The number of phenolic OH excluding ortho intramolecular Hbond substituents is 2. The van der Waals surface area contributed by atoms with Crippen molar-refractivity contribution >= 4 is 5.78 Å². The normalized spacial score (nSPS) is 37.8. The Labute approximate surface area is 125 Å². The van der Waals surface area contributed by atoms with Crippen molar-refractivity contribution in [3.63, 3.8) is 0 Å². The first-order chi connectivity index (χ1) is 10.0. The molecule has 4 rings (SSSR count). The zero-order valence-electron chi connectivity index (χ0n) is 12.4. The molecule has 4 atom stereocenters. The molecular weight excluding hydrogens is 264 g/mol. The lowest BCUT2D eigenvalue weighted by atomic mass is 9.55. The van der Waals surface area contributed by atoms with E-state index < -0.39 is 0 Å². The molecule has 112 valence electrons. The summed E-state index contributed by atoms with van der Waals surface area (Å²) in [5.74, 6) is 1.96. The van der Waals surface area contributed by atoms with Crippen LogP contribution in [0.1, 0.15) is 56.1 Å².